The van der Waals surface area contributed by atoms with Gasteiger partial charge in [0.15, 0.2) is 0 Å². The minimum absolute atomic E-state index is 0.976. The lowest BCUT2D eigenvalue weighted by molar-refractivity contribution is 0.600. The van der Waals surface area contributed by atoms with Crippen LogP contribution in [-0.4, -0.2) is 0 Å². The number of unbranched alkanes of at least 4 members (excludes halogenated alkanes) is 10. The van der Waals surface area contributed by atoms with E-state index in [-0.39, 0.29) is 0 Å². The zero-order chi connectivity index (χ0) is 25.9. The molecule has 4 aromatic carbocycles. The quantitative estimate of drug-likeness (QED) is 0.0834. The summed E-state index contributed by atoms with van der Waals surface area (Å²) in [5.74, 6) is 0. The van der Waals surface area contributed by atoms with Crippen LogP contribution in [0, 0.1) is 0 Å². The lowest BCUT2D eigenvalue weighted by Gasteiger charge is -2.23. The van der Waals surface area contributed by atoms with Crippen molar-refractivity contribution in [2.75, 3.05) is 0 Å². The molecule has 2 heteroatoms. The number of benzene rings is 4. The molecule has 0 amide bonds. The highest BCUT2D eigenvalue weighted by molar-refractivity contribution is 6.24. The molecule has 0 aromatic heterocycles. The van der Waals surface area contributed by atoms with Gasteiger partial charge in [-0.25, -0.2) is 0 Å². The Labute approximate surface area is 227 Å². The van der Waals surface area contributed by atoms with E-state index < -0.39 is 0 Å². The Bertz CT molecular complexity index is 1480. The second-order valence-corrected chi connectivity index (χ2v) is 11.4. The molecule has 2 aliphatic rings. The van der Waals surface area contributed by atoms with Crippen LogP contribution in [0.4, 0.5) is 0 Å². The molecule has 6 rings (SSSR count). The SMILES string of the molecule is CCCCCCCCc1cc2cccc3oc4c(CCCCCCCC)cc5cccc6oc1c(c23)-c4c56. The Balaban J connectivity index is 1.45. The predicted molar refractivity (Wildman–Crippen MR) is 163 cm³/mol. The minimum atomic E-state index is 0.976. The molecule has 4 aromatic rings. The standard InChI is InChI=1S/C36H42O2/c1-3-5-7-9-11-13-17-27-23-25-19-15-22-30-31(25)33-34-32-26(20-16-21-29(32)37-35(27)33)24-28(36(34)38-30)18-14-12-10-8-6-4-2/h15-16,19-24H,3-14,17-18H2,1-2H3. The smallest absolute Gasteiger partial charge is 0.139 e. The average Bonchev–Trinajstić information content (AvgIpc) is 2.94. The highest BCUT2D eigenvalue weighted by Gasteiger charge is 2.27. The van der Waals surface area contributed by atoms with Crippen LogP contribution in [-0.2, 0) is 12.8 Å². The molecule has 0 aliphatic carbocycles. The molecule has 38 heavy (non-hydrogen) atoms. The summed E-state index contributed by atoms with van der Waals surface area (Å²) in [5.41, 5.74) is 9.32. The molecule has 0 unspecified atom stereocenters. The normalized spacial score (nSPS) is 12.4. The van der Waals surface area contributed by atoms with Crippen LogP contribution in [0.3, 0.4) is 0 Å². The Kier molecular flexibility index (Phi) is 7.58. The Morgan fingerprint density at radius 3 is 1.37 bits per heavy atom. The van der Waals surface area contributed by atoms with Gasteiger partial charge in [-0.2, -0.15) is 0 Å². The largest absolute Gasteiger partial charge is 0.456 e. The average molecular weight is 507 g/mol. The van der Waals surface area contributed by atoms with Crippen LogP contribution in [0.15, 0.2) is 57.4 Å². The predicted octanol–water partition coefficient (Wildman–Crippen LogP) is 11.8. The highest BCUT2D eigenvalue weighted by Crippen LogP contribution is 2.50. The van der Waals surface area contributed by atoms with Crippen LogP contribution in [0.1, 0.15) is 102 Å². The summed E-state index contributed by atoms with van der Waals surface area (Å²) < 4.78 is 13.6. The van der Waals surface area contributed by atoms with E-state index in [1.165, 1.54) is 121 Å². The Morgan fingerprint density at radius 2 is 0.921 bits per heavy atom. The van der Waals surface area contributed by atoms with Gasteiger partial charge in [-0.3, -0.25) is 0 Å². The maximum atomic E-state index is 6.79. The first kappa shape index (κ1) is 25.3. The molecule has 0 saturated carbocycles. The van der Waals surface area contributed by atoms with Gasteiger partial charge in [0.25, 0.3) is 0 Å². The van der Waals surface area contributed by atoms with Crippen LogP contribution in [0.25, 0.3) is 55.0 Å². The van der Waals surface area contributed by atoms with Gasteiger partial charge in [0, 0.05) is 21.9 Å². The maximum Gasteiger partial charge on any atom is 0.139 e. The van der Waals surface area contributed by atoms with Gasteiger partial charge in [-0.1, -0.05) is 102 Å². The van der Waals surface area contributed by atoms with E-state index in [1.54, 1.807) is 0 Å². The summed E-state index contributed by atoms with van der Waals surface area (Å²) in [4.78, 5) is 0. The molecule has 0 atom stereocenters. The van der Waals surface area contributed by atoms with Crippen LogP contribution < -0.4 is 0 Å². The van der Waals surface area contributed by atoms with E-state index in [0.717, 1.165) is 35.2 Å². The molecule has 0 radical (unpaired) electrons. The number of rotatable bonds is 14. The maximum absolute atomic E-state index is 6.79. The fourth-order valence-electron chi connectivity index (χ4n) is 6.59. The first-order valence-corrected chi connectivity index (χ1v) is 15.3. The van der Waals surface area contributed by atoms with E-state index in [9.17, 15) is 0 Å². The molecular weight excluding hydrogens is 464 g/mol. The van der Waals surface area contributed by atoms with Gasteiger partial charge in [-0.05, 0) is 71.8 Å². The summed E-state index contributed by atoms with van der Waals surface area (Å²) in [6.45, 7) is 4.57. The van der Waals surface area contributed by atoms with Crippen molar-refractivity contribution in [1.82, 2.24) is 0 Å². The summed E-state index contributed by atoms with van der Waals surface area (Å²) >= 11 is 0. The molecule has 0 fully saturated rings. The van der Waals surface area contributed by atoms with Crippen LogP contribution in [0.5, 0.6) is 0 Å². The second kappa shape index (κ2) is 11.4. The summed E-state index contributed by atoms with van der Waals surface area (Å²) in [5, 5.41) is 4.97. The fraction of sp³-hybridized carbons (Fsp3) is 0.444. The monoisotopic (exact) mass is 506 g/mol. The molecule has 2 nitrogen and oxygen atoms in total. The number of hydrogen-bond donors (Lipinski definition) is 0. The zero-order valence-electron chi connectivity index (χ0n) is 23.3. The zero-order valence-corrected chi connectivity index (χ0v) is 23.3. The van der Waals surface area contributed by atoms with Crippen LogP contribution >= 0.6 is 0 Å². The van der Waals surface area contributed by atoms with Crippen LogP contribution in [0.2, 0.25) is 0 Å². The van der Waals surface area contributed by atoms with E-state index in [1.807, 2.05) is 0 Å². The molecule has 0 N–H and O–H groups in total. The molecular formula is C36H42O2. The number of hydrogen-bond acceptors (Lipinski definition) is 2. The van der Waals surface area contributed by atoms with Crippen molar-refractivity contribution in [3.63, 3.8) is 0 Å². The minimum Gasteiger partial charge on any atom is -0.456 e. The van der Waals surface area contributed by atoms with Gasteiger partial charge < -0.3 is 8.83 Å². The molecule has 0 saturated heterocycles. The Hall–Kier alpha value is -3.00. The first-order valence-electron chi connectivity index (χ1n) is 15.3. The van der Waals surface area contributed by atoms with Gasteiger partial charge >= 0.3 is 0 Å². The van der Waals surface area contributed by atoms with E-state index in [2.05, 4.69) is 62.4 Å². The third kappa shape index (κ3) is 4.68. The van der Waals surface area contributed by atoms with E-state index >= 15 is 0 Å². The molecule has 0 bridgehead atoms. The second-order valence-electron chi connectivity index (χ2n) is 11.4. The van der Waals surface area contributed by atoms with E-state index in [0.29, 0.717) is 0 Å². The molecule has 198 valence electrons. The lowest BCUT2D eigenvalue weighted by atomic mass is 9.85. The number of aryl methyl sites for hydroxylation is 2. The third-order valence-electron chi connectivity index (χ3n) is 8.59. The van der Waals surface area contributed by atoms with Crippen molar-refractivity contribution in [3.05, 3.63) is 59.7 Å². The topological polar surface area (TPSA) is 26.3 Å². The van der Waals surface area contributed by atoms with Crippen molar-refractivity contribution < 1.29 is 8.83 Å². The van der Waals surface area contributed by atoms with Gasteiger partial charge in [0.05, 0.1) is 0 Å². The highest BCUT2D eigenvalue weighted by atomic mass is 16.3. The molecule has 0 spiro atoms. The van der Waals surface area contributed by atoms with Crippen molar-refractivity contribution in [1.29, 1.82) is 0 Å². The fourth-order valence-corrected chi connectivity index (χ4v) is 6.59. The van der Waals surface area contributed by atoms with Gasteiger partial charge in [0.2, 0.25) is 0 Å². The van der Waals surface area contributed by atoms with Crippen molar-refractivity contribution in [2.45, 2.75) is 104 Å². The van der Waals surface area contributed by atoms with Crippen molar-refractivity contribution in [3.8, 4) is 11.1 Å². The first-order chi connectivity index (χ1) is 18.8. The van der Waals surface area contributed by atoms with E-state index in [4.69, 9.17) is 8.83 Å². The van der Waals surface area contributed by atoms with Gasteiger partial charge in [-0.15, -0.1) is 0 Å². The molecule has 2 heterocycles. The summed E-state index contributed by atoms with van der Waals surface area (Å²) in [7, 11) is 0. The summed E-state index contributed by atoms with van der Waals surface area (Å²) in [6.07, 6.45) is 17.8. The van der Waals surface area contributed by atoms with Crippen molar-refractivity contribution in [2.24, 2.45) is 0 Å². The lowest BCUT2D eigenvalue weighted by Crippen LogP contribution is -2.00. The van der Waals surface area contributed by atoms with Crippen molar-refractivity contribution >= 4 is 43.9 Å². The molecule has 2 aliphatic heterocycles. The third-order valence-corrected chi connectivity index (χ3v) is 8.59. The summed E-state index contributed by atoms with van der Waals surface area (Å²) in [6, 6.07) is 17.8. The van der Waals surface area contributed by atoms with Gasteiger partial charge in [0.1, 0.15) is 22.3 Å². The Morgan fingerprint density at radius 1 is 0.500 bits per heavy atom.